The van der Waals surface area contributed by atoms with Crippen LogP contribution in [0.2, 0.25) is 0 Å². The zero-order valence-electron chi connectivity index (χ0n) is 21.9. The molecule has 2 N–H and O–H groups in total. The first-order valence-corrected chi connectivity index (χ1v) is 13.7. The van der Waals surface area contributed by atoms with E-state index in [-0.39, 0.29) is 47.8 Å². The summed E-state index contributed by atoms with van der Waals surface area (Å²) < 4.78 is 6.29. The molecular weight excluding hydrogens is 470 g/mol. The molecule has 2 heterocycles. The molecule has 2 aliphatic heterocycles. The molecule has 0 bridgehead atoms. The summed E-state index contributed by atoms with van der Waals surface area (Å²) in [4.78, 5) is 38.8. The number of aromatic hydroxyl groups is 1. The Bertz CT molecular complexity index is 1090. The Kier molecular flexibility index (Phi) is 8.85. The van der Waals surface area contributed by atoms with Gasteiger partial charge < -0.3 is 14.9 Å². The number of aliphatic carboxylic acids is 1. The first-order chi connectivity index (χ1) is 17.8. The van der Waals surface area contributed by atoms with Crippen LogP contribution in [0, 0.1) is 17.8 Å². The van der Waals surface area contributed by atoms with Crippen molar-refractivity contribution in [1.82, 2.24) is 4.90 Å². The van der Waals surface area contributed by atoms with Gasteiger partial charge in [0, 0.05) is 24.4 Å². The summed E-state index contributed by atoms with van der Waals surface area (Å²) in [5, 5.41) is 19.0. The fourth-order valence-corrected chi connectivity index (χ4v) is 6.32. The summed E-state index contributed by atoms with van der Waals surface area (Å²) in [5.74, 6) is -1.38. The number of hydrogen-bond acceptors (Lipinski definition) is 5. The Morgan fingerprint density at radius 2 is 1.86 bits per heavy atom. The molecular formula is C30H39NO6. The first-order valence-electron chi connectivity index (χ1n) is 13.7. The van der Waals surface area contributed by atoms with Crippen LogP contribution in [-0.2, 0) is 19.1 Å². The monoisotopic (exact) mass is 509 g/mol. The third-order valence-electron chi connectivity index (χ3n) is 8.28. The summed E-state index contributed by atoms with van der Waals surface area (Å²) in [6.07, 6.45) is 8.01. The molecule has 7 heteroatoms. The fourth-order valence-electron chi connectivity index (χ4n) is 6.32. The van der Waals surface area contributed by atoms with E-state index in [1.807, 2.05) is 18.2 Å². The van der Waals surface area contributed by atoms with Gasteiger partial charge in [-0.1, -0.05) is 55.7 Å². The number of allylic oxidation sites excluding steroid dienone is 2. The minimum atomic E-state index is -0.819. The van der Waals surface area contributed by atoms with Gasteiger partial charge in [-0.25, -0.2) is 0 Å². The fraction of sp³-hybridized carbons (Fsp3) is 0.567. The van der Waals surface area contributed by atoms with Crippen LogP contribution in [0.15, 0.2) is 41.0 Å². The van der Waals surface area contributed by atoms with Crippen molar-refractivity contribution in [3.63, 3.8) is 0 Å². The Morgan fingerprint density at radius 1 is 1.08 bits per heavy atom. The Balaban J connectivity index is 1.43. The van der Waals surface area contributed by atoms with Gasteiger partial charge in [0.2, 0.25) is 11.8 Å². The number of rotatable bonds is 12. The van der Waals surface area contributed by atoms with Gasteiger partial charge in [0.25, 0.3) is 0 Å². The highest BCUT2D eigenvalue weighted by atomic mass is 16.5. The van der Waals surface area contributed by atoms with Crippen LogP contribution in [0.4, 0.5) is 0 Å². The van der Waals surface area contributed by atoms with Crippen LogP contribution >= 0.6 is 0 Å². The number of imide groups is 1. The molecule has 0 radical (unpaired) electrons. The molecule has 1 aromatic rings. The van der Waals surface area contributed by atoms with Crippen molar-refractivity contribution in [2.45, 2.75) is 77.7 Å². The van der Waals surface area contributed by atoms with Crippen LogP contribution in [0.1, 0.15) is 77.2 Å². The molecule has 1 aromatic carbocycles. The van der Waals surface area contributed by atoms with Crippen molar-refractivity contribution < 1.29 is 29.3 Å². The number of carbonyl (C=O) groups excluding carboxylic acids is 2. The highest BCUT2D eigenvalue weighted by Gasteiger charge is 2.56. The molecule has 0 spiro atoms. The van der Waals surface area contributed by atoms with E-state index in [1.165, 1.54) is 21.6 Å². The topological polar surface area (TPSA) is 104 Å². The van der Waals surface area contributed by atoms with E-state index in [0.717, 1.165) is 31.2 Å². The van der Waals surface area contributed by atoms with Crippen LogP contribution in [0.25, 0.3) is 6.08 Å². The molecule has 1 aliphatic carbocycles. The van der Waals surface area contributed by atoms with Gasteiger partial charge in [0.1, 0.15) is 5.75 Å². The largest absolute Gasteiger partial charge is 0.507 e. The molecule has 2 saturated heterocycles. The number of nitrogens with zero attached hydrogens (tertiary/aromatic N) is 1. The lowest BCUT2D eigenvalue weighted by molar-refractivity contribution is -0.141. The molecule has 0 unspecified atom stereocenters. The van der Waals surface area contributed by atoms with Crippen molar-refractivity contribution in [1.29, 1.82) is 0 Å². The standard InChI is InChI=1S/C30H39NO6/c1-3-19(16-21-10-7-8-11-24(21)32)13-14-25-27-20(4-2)17-22-28(23(27)18-37-25)30(36)31(29(22)35)15-9-5-6-12-26(33)34/h7-8,10-11,16,22-23,25,28,32H,3-6,9,12-15,17-18H2,1-2H3,(H,33,34)/b19-16+/t22-,23+,25-,28-/m1/s1. The lowest BCUT2D eigenvalue weighted by atomic mass is 9.69. The molecule has 37 heavy (non-hydrogen) atoms. The summed E-state index contributed by atoms with van der Waals surface area (Å²) >= 11 is 0. The second-order valence-electron chi connectivity index (χ2n) is 10.5. The summed E-state index contributed by atoms with van der Waals surface area (Å²) in [7, 11) is 0. The van der Waals surface area contributed by atoms with Crippen molar-refractivity contribution >= 4 is 23.9 Å². The van der Waals surface area contributed by atoms with Crippen molar-refractivity contribution in [3.05, 3.63) is 46.5 Å². The molecule has 2 amide bonds. The third kappa shape index (κ3) is 5.82. The molecule has 200 valence electrons. The van der Waals surface area contributed by atoms with Crippen molar-refractivity contribution in [2.24, 2.45) is 17.8 Å². The van der Waals surface area contributed by atoms with E-state index in [4.69, 9.17) is 9.84 Å². The summed E-state index contributed by atoms with van der Waals surface area (Å²) in [6, 6.07) is 7.33. The van der Waals surface area contributed by atoms with Gasteiger partial charge in [-0.3, -0.25) is 19.3 Å². The summed E-state index contributed by atoms with van der Waals surface area (Å²) in [6.45, 7) is 5.08. The summed E-state index contributed by atoms with van der Waals surface area (Å²) in [5.41, 5.74) is 4.56. The number of para-hydroxylation sites is 1. The lowest BCUT2D eigenvalue weighted by Gasteiger charge is -2.31. The van der Waals surface area contributed by atoms with E-state index >= 15 is 0 Å². The maximum absolute atomic E-state index is 13.4. The normalized spacial score (nSPS) is 25.6. The van der Waals surface area contributed by atoms with Crippen molar-refractivity contribution in [3.8, 4) is 5.75 Å². The predicted molar refractivity (Wildman–Crippen MR) is 141 cm³/mol. The van der Waals surface area contributed by atoms with E-state index in [2.05, 4.69) is 19.9 Å². The number of unbranched alkanes of at least 4 members (excludes halogenated alkanes) is 2. The number of carboxylic acid groups (broad SMARTS) is 1. The molecule has 3 aliphatic rings. The van der Waals surface area contributed by atoms with Gasteiger partial charge in [0.05, 0.1) is 24.5 Å². The highest BCUT2D eigenvalue weighted by molar-refractivity contribution is 6.05. The van der Waals surface area contributed by atoms with Gasteiger partial charge in [-0.15, -0.1) is 0 Å². The molecule has 4 atom stereocenters. The molecule has 2 fully saturated rings. The Labute approximate surface area is 219 Å². The lowest BCUT2D eigenvalue weighted by Crippen LogP contribution is -2.34. The van der Waals surface area contributed by atoms with Crippen LogP contribution in [-0.4, -0.2) is 52.2 Å². The number of hydrogen-bond donors (Lipinski definition) is 2. The quantitative estimate of drug-likeness (QED) is 0.224. The zero-order chi connectivity index (χ0) is 26.5. The van der Waals surface area contributed by atoms with E-state index in [9.17, 15) is 19.5 Å². The number of fused-ring (bicyclic) bond motifs is 3. The smallest absolute Gasteiger partial charge is 0.303 e. The average Bonchev–Trinajstić information content (AvgIpc) is 3.41. The minimum absolute atomic E-state index is 0.0422. The number of phenols is 1. The number of ether oxygens (including phenoxy) is 1. The van der Waals surface area contributed by atoms with E-state index in [0.29, 0.717) is 38.8 Å². The van der Waals surface area contributed by atoms with E-state index in [1.54, 1.807) is 6.07 Å². The molecule has 4 rings (SSSR count). The molecule has 7 nitrogen and oxygen atoms in total. The van der Waals surface area contributed by atoms with Crippen LogP contribution < -0.4 is 0 Å². The van der Waals surface area contributed by atoms with Crippen LogP contribution in [0.3, 0.4) is 0 Å². The number of benzene rings is 1. The number of phenolic OH excluding ortho intramolecular Hbond substituents is 1. The third-order valence-corrected chi connectivity index (χ3v) is 8.28. The van der Waals surface area contributed by atoms with Gasteiger partial charge >= 0.3 is 5.97 Å². The van der Waals surface area contributed by atoms with Gasteiger partial charge in [0.15, 0.2) is 0 Å². The van der Waals surface area contributed by atoms with Crippen molar-refractivity contribution in [2.75, 3.05) is 13.2 Å². The molecule has 0 saturated carbocycles. The second kappa shape index (κ2) is 12.1. The number of likely N-dealkylation sites (tertiary alicyclic amines) is 1. The second-order valence-corrected chi connectivity index (χ2v) is 10.5. The number of carboxylic acids is 1. The predicted octanol–water partition coefficient (Wildman–Crippen LogP) is 5.34. The maximum Gasteiger partial charge on any atom is 0.303 e. The van der Waals surface area contributed by atoms with Gasteiger partial charge in [-0.2, -0.15) is 0 Å². The first kappa shape index (κ1) is 27.1. The zero-order valence-corrected chi connectivity index (χ0v) is 21.9. The SMILES string of the molecule is CCC1=C2[C@@H](CC/C(=C/c3ccccc3O)CC)OC[C@@H]2[C@@H]2C(=O)N(CCCCCC(=O)O)C(=O)[C@@H]2C1. The average molecular weight is 510 g/mol. The number of amides is 2. The van der Waals surface area contributed by atoms with Crippen LogP contribution in [0.5, 0.6) is 5.75 Å². The van der Waals surface area contributed by atoms with E-state index < -0.39 is 5.97 Å². The minimum Gasteiger partial charge on any atom is -0.507 e. The Hall–Kier alpha value is -2.93. The van der Waals surface area contributed by atoms with Gasteiger partial charge in [-0.05, 0) is 56.6 Å². The Morgan fingerprint density at radius 3 is 2.57 bits per heavy atom. The maximum atomic E-state index is 13.4. The highest BCUT2D eigenvalue weighted by Crippen LogP contribution is 2.50. The number of carbonyl (C=O) groups is 3. The molecule has 0 aromatic heterocycles.